The molecule has 0 atom stereocenters. The Hall–Kier alpha value is -1.31. The largest absolute Gasteiger partial charge is 0.352 e. The van der Waals surface area contributed by atoms with E-state index < -0.39 is 0 Å². The SMILES string of the molecule is CCCC(=O)Nc1cccc(CNC(=NC)N2CC(C)(C)C2(C)C)c1.I. The summed E-state index contributed by atoms with van der Waals surface area (Å²) in [6, 6.07) is 7.96. The predicted molar refractivity (Wildman–Crippen MR) is 120 cm³/mol. The number of aliphatic imine (C=N–C) groups is 1. The lowest BCUT2D eigenvalue weighted by Gasteiger charge is -2.62. The molecule has 0 bridgehead atoms. The van der Waals surface area contributed by atoms with Crippen LogP contribution in [0.25, 0.3) is 0 Å². The van der Waals surface area contributed by atoms with Crippen molar-refractivity contribution in [3.05, 3.63) is 29.8 Å². The van der Waals surface area contributed by atoms with Crippen molar-refractivity contribution >= 4 is 41.5 Å². The van der Waals surface area contributed by atoms with Gasteiger partial charge < -0.3 is 15.5 Å². The Bertz CT molecular complexity index is 655. The summed E-state index contributed by atoms with van der Waals surface area (Å²) in [5.41, 5.74) is 2.31. The Kier molecular flexibility index (Phi) is 7.92. The number of rotatable bonds is 5. The molecule has 0 aliphatic carbocycles. The van der Waals surface area contributed by atoms with E-state index in [9.17, 15) is 4.79 Å². The number of benzene rings is 1. The van der Waals surface area contributed by atoms with E-state index in [0.29, 0.717) is 13.0 Å². The minimum Gasteiger partial charge on any atom is -0.352 e. The number of carbonyl (C=O) groups is 1. The number of hydrogen-bond acceptors (Lipinski definition) is 2. The third-order valence-electron chi connectivity index (χ3n) is 5.49. The fourth-order valence-corrected chi connectivity index (χ4v) is 3.09. The van der Waals surface area contributed by atoms with Crippen molar-refractivity contribution in [3.8, 4) is 0 Å². The molecule has 26 heavy (non-hydrogen) atoms. The van der Waals surface area contributed by atoms with E-state index in [1.165, 1.54) is 0 Å². The summed E-state index contributed by atoms with van der Waals surface area (Å²) in [5.74, 6) is 0.984. The van der Waals surface area contributed by atoms with Crippen molar-refractivity contribution < 1.29 is 4.79 Å². The van der Waals surface area contributed by atoms with Gasteiger partial charge in [-0.15, -0.1) is 24.0 Å². The maximum atomic E-state index is 11.8. The summed E-state index contributed by atoms with van der Waals surface area (Å²) in [5, 5.41) is 6.40. The van der Waals surface area contributed by atoms with Gasteiger partial charge in [0.1, 0.15) is 0 Å². The fourth-order valence-electron chi connectivity index (χ4n) is 3.09. The molecule has 0 spiro atoms. The number of hydrogen-bond donors (Lipinski definition) is 2. The highest BCUT2D eigenvalue weighted by Crippen LogP contribution is 2.46. The quantitative estimate of drug-likeness (QED) is 0.383. The maximum Gasteiger partial charge on any atom is 0.224 e. The first-order valence-corrected chi connectivity index (χ1v) is 9.08. The molecule has 1 aliphatic rings. The van der Waals surface area contributed by atoms with Gasteiger partial charge in [0.15, 0.2) is 5.96 Å². The number of likely N-dealkylation sites (tertiary alicyclic amines) is 1. The summed E-state index contributed by atoms with van der Waals surface area (Å²) < 4.78 is 0. The van der Waals surface area contributed by atoms with Gasteiger partial charge in [0.2, 0.25) is 5.91 Å². The first kappa shape index (κ1) is 22.7. The van der Waals surface area contributed by atoms with Gasteiger partial charge in [-0.2, -0.15) is 0 Å². The Morgan fingerprint density at radius 1 is 1.27 bits per heavy atom. The van der Waals surface area contributed by atoms with Crippen molar-refractivity contribution in [2.45, 2.75) is 59.5 Å². The van der Waals surface area contributed by atoms with E-state index >= 15 is 0 Å². The molecule has 0 aromatic heterocycles. The number of nitrogens with one attached hydrogen (secondary N) is 2. The van der Waals surface area contributed by atoms with Crippen molar-refractivity contribution in [1.29, 1.82) is 0 Å². The molecule has 1 aromatic rings. The molecular weight excluding hydrogens is 439 g/mol. The third kappa shape index (κ3) is 4.90. The van der Waals surface area contributed by atoms with E-state index in [0.717, 1.165) is 30.2 Å². The Morgan fingerprint density at radius 2 is 1.96 bits per heavy atom. The standard InChI is InChI=1S/C20H32N4O.HI/c1-7-9-17(25)23-16-11-8-10-15(12-16)13-22-18(21-6)24-14-19(2,3)20(24,4)5;/h8,10-12H,7,9,13-14H2,1-6H3,(H,21,22)(H,23,25);1H. The smallest absolute Gasteiger partial charge is 0.224 e. The lowest BCUT2D eigenvalue weighted by molar-refractivity contribution is -0.116. The number of amides is 1. The first-order chi connectivity index (χ1) is 11.7. The summed E-state index contributed by atoms with van der Waals surface area (Å²) in [4.78, 5) is 18.5. The third-order valence-corrected chi connectivity index (χ3v) is 5.49. The molecule has 1 heterocycles. The molecule has 1 saturated heterocycles. The minimum absolute atomic E-state index is 0. The highest BCUT2D eigenvalue weighted by atomic mass is 127. The van der Waals surface area contributed by atoms with Crippen LogP contribution in [0.4, 0.5) is 5.69 Å². The molecular formula is C20H33IN4O. The highest BCUT2D eigenvalue weighted by molar-refractivity contribution is 14.0. The molecule has 2 rings (SSSR count). The monoisotopic (exact) mass is 472 g/mol. The van der Waals surface area contributed by atoms with E-state index in [-0.39, 0.29) is 40.8 Å². The van der Waals surface area contributed by atoms with Crippen molar-refractivity contribution in [2.75, 3.05) is 18.9 Å². The van der Waals surface area contributed by atoms with Gasteiger partial charge in [0, 0.05) is 43.2 Å². The lowest BCUT2D eigenvalue weighted by atomic mass is 9.65. The number of guanidine groups is 1. The van der Waals surface area contributed by atoms with Crippen LogP contribution in [0.1, 0.15) is 53.0 Å². The molecule has 1 aromatic carbocycles. The molecule has 0 radical (unpaired) electrons. The zero-order valence-corrected chi connectivity index (χ0v) is 19.2. The van der Waals surface area contributed by atoms with Gasteiger partial charge in [-0.3, -0.25) is 9.79 Å². The van der Waals surface area contributed by atoms with Crippen LogP contribution in [-0.2, 0) is 11.3 Å². The van der Waals surface area contributed by atoms with Crippen molar-refractivity contribution in [3.63, 3.8) is 0 Å². The van der Waals surface area contributed by atoms with Crippen LogP contribution in [0.3, 0.4) is 0 Å². The van der Waals surface area contributed by atoms with Gasteiger partial charge >= 0.3 is 0 Å². The van der Waals surface area contributed by atoms with Crippen LogP contribution < -0.4 is 10.6 Å². The van der Waals surface area contributed by atoms with Crippen LogP contribution in [0.5, 0.6) is 0 Å². The van der Waals surface area contributed by atoms with Crippen LogP contribution in [0.15, 0.2) is 29.3 Å². The fraction of sp³-hybridized carbons (Fsp3) is 0.600. The second-order valence-corrected chi connectivity index (χ2v) is 7.93. The predicted octanol–water partition coefficient (Wildman–Crippen LogP) is 4.24. The van der Waals surface area contributed by atoms with Gasteiger partial charge in [-0.05, 0) is 38.0 Å². The molecule has 1 fully saturated rings. The summed E-state index contributed by atoms with van der Waals surface area (Å²) in [6.45, 7) is 12.8. The summed E-state index contributed by atoms with van der Waals surface area (Å²) in [7, 11) is 1.82. The molecule has 0 saturated carbocycles. The summed E-state index contributed by atoms with van der Waals surface area (Å²) in [6.07, 6.45) is 1.40. The van der Waals surface area contributed by atoms with Crippen LogP contribution in [0.2, 0.25) is 0 Å². The second kappa shape index (κ2) is 9.06. The minimum atomic E-state index is 0. The zero-order valence-electron chi connectivity index (χ0n) is 16.8. The van der Waals surface area contributed by atoms with E-state index in [4.69, 9.17) is 0 Å². The molecule has 146 valence electrons. The van der Waals surface area contributed by atoms with Gasteiger partial charge in [-0.25, -0.2) is 0 Å². The number of anilines is 1. The second-order valence-electron chi connectivity index (χ2n) is 7.93. The molecule has 5 nitrogen and oxygen atoms in total. The average molecular weight is 472 g/mol. The molecule has 6 heteroatoms. The van der Waals surface area contributed by atoms with Gasteiger partial charge in [-0.1, -0.05) is 32.9 Å². The Morgan fingerprint density at radius 3 is 2.50 bits per heavy atom. The first-order valence-electron chi connectivity index (χ1n) is 9.08. The molecule has 0 unspecified atom stereocenters. The highest BCUT2D eigenvalue weighted by Gasteiger charge is 2.53. The molecule has 1 aliphatic heterocycles. The topological polar surface area (TPSA) is 56.7 Å². The lowest BCUT2D eigenvalue weighted by Crippen LogP contribution is -2.72. The maximum absolute atomic E-state index is 11.8. The van der Waals surface area contributed by atoms with Gasteiger partial charge in [0.05, 0.1) is 0 Å². The summed E-state index contributed by atoms with van der Waals surface area (Å²) >= 11 is 0. The number of nitrogens with zero attached hydrogens (tertiary/aromatic N) is 2. The van der Waals surface area contributed by atoms with Crippen LogP contribution in [-0.4, -0.2) is 35.9 Å². The van der Waals surface area contributed by atoms with E-state index in [1.54, 1.807) is 0 Å². The molecule has 1 amide bonds. The van der Waals surface area contributed by atoms with Gasteiger partial charge in [0.25, 0.3) is 0 Å². The number of halogens is 1. The Labute approximate surface area is 175 Å². The van der Waals surface area contributed by atoms with Crippen molar-refractivity contribution in [1.82, 2.24) is 10.2 Å². The van der Waals surface area contributed by atoms with Crippen LogP contribution >= 0.6 is 24.0 Å². The Balaban J connectivity index is 0.00000338. The van der Waals surface area contributed by atoms with Crippen molar-refractivity contribution in [2.24, 2.45) is 10.4 Å². The molecule has 2 N–H and O–H groups in total. The van der Waals surface area contributed by atoms with E-state index in [2.05, 4.69) is 54.3 Å². The van der Waals surface area contributed by atoms with Crippen LogP contribution in [0, 0.1) is 5.41 Å². The van der Waals surface area contributed by atoms with E-state index in [1.807, 2.05) is 32.2 Å². The normalized spacial score (nSPS) is 17.8. The number of carbonyl (C=O) groups excluding carboxylic acids is 1. The average Bonchev–Trinajstić information content (AvgIpc) is 2.55. The zero-order chi connectivity index (χ0) is 18.7.